The van der Waals surface area contributed by atoms with Crippen molar-refractivity contribution in [2.45, 2.75) is 46.5 Å². The minimum Gasteiger partial charge on any atom is -0.490 e. The smallest absolute Gasteiger partial charge is 0.226 e. The van der Waals surface area contributed by atoms with E-state index in [1.807, 2.05) is 38.1 Å². The number of nitrogens with one attached hydrogen (secondary N) is 1. The van der Waals surface area contributed by atoms with Gasteiger partial charge in [0, 0.05) is 17.9 Å². The molecule has 5 rings (SSSR count). The summed E-state index contributed by atoms with van der Waals surface area (Å²) in [7, 11) is 0. The van der Waals surface area contributed by atoms with Crippen molar-refractivity contribution in [3.05, 3.63) is 58.8 Å². The van der Waals surface area contributed by atoms with Crippen molar-refractivity contribution in [3.8, 4) is 16.6 Å². The summed E-state index contributed by atoms with van der Waals surface area (Å²) in [5.74, 6) is 1.95. The Morgan fingerprint density at radius 1 is 1.12 bits per heavy atom. The van der Waals surface area contributed by atoms with Crippen molar-refractivity contribution in [2.75, 3.05) is 18.5 Å². The maximum absolute atomic E-state index is 12.8. The summed E-state index contributed by atoms with van der Waals surface area (Å²) in [4.78, 5) is 17.6. The van der Waals surface area contributed by atoms with Gasteiger partial charge in [0.1, 0.15) is 5.82 Å². The molecule has 0 aliphatic carbocycles. The van der Waals surface area contributed by atoms with Gasteiger partial charge in [-0.2, -0.15) is 9.78 Å². The van der Waals surface area contributed by atoms with Crippen LogP contribution in [-0.2, 0) is 4.79 Å². The summed E-state index contributed by atoms with van der Waals surface area (Å²) in [6.07, 6.45) is 1.27. The number of fused-ring (bicyclic) bond motifs is 2. The number of nitrogens with zero attached hydrogens (tertiary/aromatic N) is 3. The van der Waals surface area contributed by atoms with Crippen LogP contribution in [0.3, 0.4) is 0 Å². The first-order valence-electron chi connectivity index (χ1n) is 11.6. The molecule has 0 radical (unpaired) electrons. The average Bonchev–Trinajstić information content (AvgIpc) is 3.38. The fraction of sp³-hybridized carbons (Fsp3) is 0.346. The largest absolute Gasteiger partial charge is 0.490 e. The summed E-state index contributed by atoms with van der Waals surface area (Å²) in [6, 6.07) is 12.2. The van der Waals surface area contributed by atoms with Gasteiger partial charge in [-0.15, -0.1) is 0 Å². The first kappa shape index (κ1) is 22.4. The standard InChI is InChI=1S/C26H28N4O3S/c1-5-11-33-20-10-8-17(13-21(20)32-6-2)18-14-23(31)28-25-24(18)16(4)29-30(25)26-27-19-9-7-15(3)12-22(19)34-26/h7-10,12-13,18H,5-6,11,14H2,1-4H3,(H,28,31). The van der Waals surface area contributed by atoms with Gasteiger partial charge in [0.2, 0.25) is 11.0 Å². The van der Waals surface area contributed by atoms with Gasteiger partial charge in [-0.05, 0) is 62.6 Å². The van der Waals surface area contributed by atoms with Crippen LogP contribution in [0, 0.1) is 13.8 Å². The molecule has 4 aromatic rings. The molecular formula is C26H28N4O3S. The first-order chi connectivity index (χ1) is 16.5. The van der Waals surface area contributed by atoms with Crippen LogP contribution in [0.5, 0.6) is 11.5 Å². The third kappa shape index (κ3) is 4.03. The highest BCUT2D eigenvalue weighted by molar-refractivity contribution is 7.20. The molecule has 8 heteroatoms. The second kappa shape index (κ2) is 9.10. The molecule has 0 bridgehead atoms. The number of amides is 1. The highest BCUT2D eigenvalue weighted by atomic mass is 32.1. The molecule has 3 heterocycles. The number of hydrogen-bond donors (Lipinski definition) is 1. The number of aromatic nitrogens is 3. The van der Waals surface area contributed by atoms with Gasteiger partial charge in [0.05, 0.1) is 29.1 Å². The van der Waals surface area contributed by atoms with Crippen molar-refractivity contribution in [2.24, 2.45) is 0 Å². The molecule has 1 aliphatic heterocycles. The number of benzene rings is 2. The lowest BCUT2D eigenvalue weighted by Gasteiger charge is -2.25. The minimum atomic E-state index is -0.131. The molecule has 1 aliphatic rings. The number of ether oxygens (including phenoxy) is 2. The zero-order valence-corrected chi connectivity index (χ0v) is 20.7. The number of hydrogen-bond acceptors (Lipinski definition) is 6. The molecule has 0 spiro atoms. The average molecular weight is 477 g/mol. The zero-order chi connectivity index (χ0) is 23.8. The van der Waals surface area contributed by atoms with Crippen LogP contribution >= 0.6 is 11.3 Å². The Labute approximate surface area is 202 Å². The van der Waals surface area contributed by atoms with Crippen LogP contribution in [0.25, 0.3) is 15.3 Å². The van der Waals surface area contributed by atoms with Crippen LogP contribution in [-0.4, -0.2) is 33.9 Å². The van der Waals surface area contributed by atoms with Gasteiger partial charge >= 0.3 is 0 Å². The second-order valence-electron chi connectivity index (χ2n) is 8.52. The molecule has 7 nitrogen and oxygen atoms in total. The van der Waals surface area contributed by atoms with E-state index in [2.05, 4.69) is 31.3 Å². The van der Waals surface area contributed by atoms with Gasteiger partial charge in [-0.25, -0.2) is 4.98 Å². The molecule has 176 valence electrons. The number of aryl methyl sites for hydroxylation is 2. The Bertz CT molecular complexity index is 1370. The van der Waals surface area contributed by atoms with E-state index in [0.717, 1.165) is 44.3 Å². The van der Waals surface area contributed by atoms with Crippen molar-refractivity contribution in [3.63, 3.8) is 0 Å². The molecule has 0 saturated carbocycles. The third-order valence-electron chi connectivity index (χ3n) is 5.95. The van der Waals surface area contributed by atoms with E-state index in [4.69, 9.17) is 19.6 Å². The van der Waals surface area contributed by atoms with E-state index in [0.29, 0.717) is 31.2 Å². The summed E-state index contributed by atoms with van der Waals surface area (Å²) in [6.45, 7) is 9.25. The Morgan fingerprint density at radius 3 is 2.76 bits per heavy atom. The van der Waals surface area contributed by atoms with Crippen molar-refractivity contribution in [1.29, 1.82) is 0 Å². The van der Waals surface area contributed by atoms with E-state index < -0.39 is 0 Å². The van der Waals surface area contributed by atoms with Crippen LogP contribution < -0.4 is 14.8 Å². The fourth-order valence-electron chi connectivity index (χ4n) is 4.42. The summed E-state index contributed by atoms with van der Waals surface area (Å²) in [5, 5.41) is 8.60. The highest BCUT2D eigenvalue weighted by Gasteiger charge is 2.33. The lowest BCUT2D eigenvalue weighted by Crippen LogP contribution is -2.25. The minimum absolute atomic E-state index is 0.0418. The molecule has 34 heavy (non-hydrogen) atoms. The monoisotopic (exact) mass is 476 g/mol. The maximum Gasteiger partial charge on any atom is 0.226 e. The molecule has 1 amide bonds. The van der Waals surface area contributed by atoms with E-state index >= 15 is 0 Å². The normalized spacial score (nSPS) is 15.3. The van der Waals surface area contributed by atoms with Crippen molar-refractivity contribution >= 4 is 33.3 Å². The van der Waals surface area contributed by atoms with Crippen LogP contribution in [0.15, 0.2) is 36.4 Å². The second-order valence-corrected chi connectivity index (χ2v) is 9.53. The Morgan fingerprint density at radius 2 is 1.97 bits per heavy atom. The van der Waals surface area contributed by atoms with E-state index in [9.17, 15) is 4.79 Å². The van der Waals surface area contributed by atoms with Crippen LogP contribution in [0.2, 0.25) is 0 Å². The van der Waals surface area contributed by atoms with Gasteiger partial charge in [-0.3, -0.25) is 4.79 Å². The number of rotatable bonds is 7. The van der Waals surface area contributed by atoms with Crippen LogP contribution in [0.4, 0.5) is 5.82 Å². The molecule has 0 saturated heterocycles. The predicted octanol–water partition coefficient (Wildman–Crippen LogP) is 5.76. The van der Waals surface area contributed by atoms with Gasteiger partial charge in [-0.1, -0.05) is 30.4 Å². The summed E-state index contributed by atoms with van der Waals surface area (Å²) < 4.78 is 14.6. The Balaban J connectivity index is 1.58. The van der Waals surface area contributed by atoms with Crippen molar-refractivity contribution in [1.82, 2.24) is 14.8 Å². The lowest BCUT2D eigenvalue weighted by molar-refractivity contribution is -0.116. The number of thiazole rings is 1. The molecule has 2 aromatic carbocycles. The van der Waals surface area contributed by atoms with E-state index in [1.54, 1.807) is 16.0 Å². The lowest BCUT2D eigenvalue weighted by atomic mass is 9.85. The van der Waals surface area contributed by atoms with Crippen LogP contribution in [0.1, 0.15) is 55.0 Å². The quantitative estimate of drug-likeness (QED) is 0.367. The molecule has 2 aromatic heterocycles. The summed E-state index contributed by atoms with van der Waals surface area (Å²) >= 11 is 1.57. The number of carbonyl (C=O) groups excluding carboxylic acids is 1. The van der Waals surface area contributed by atoms with E-state index in [1.165, 1.54) is 5.56 Å². The molecule has 1 atom stereocenters. The molecule has 0 fully saturated rings. The topological polar surface area (TPSA) is 78.3 Å². The highest BCUT2D eigenvalue weighted by Crippen LogP contribution is 2.43. The SMILES string of the molecule is CCCOc1ccc(C2CC(=O)Nc3c2c(C)nn3-c2nc3ccc(C)cc3s2)cc1OCC. The number of carbonyl (C=O) groups is 1. The van der Waals surface area contributed by atoms with E-state index in [-0.39, 0.29) is 11.8 Å². The Hall–Kier alpha value is -3.39. The first-order valence-corrected chi connectivity index (χ1v) is 12.5. The van der Waals surface area contributed by atoms with Gasteiger partial charge in [0.25, 0.3) is 0 Å². The maximum atomic E-state index is 12.8. The van der Waals surface area contributed by atoms with Crippen molar-refractivity contribution < 1.29 is 14.3 Å². The Kier molecular flexibility index (Phi) is 6.00. The predicted molar refractivity (Wildman–Crippen MR) is 135 cm³/mol. The molecule has 1 N–H and O–H groups in total. The fourth-order valence-corrected chi connectivity index (χ4v) is 5.44. The zero-order valence-electron chi connectivity index (χ0n) is 19.8. The van der Waals surface area contributed by atoms with Gasteiger partial charge in [0.15, 0.2) is 11.5 Å². The summed E-state index contributed by atoms with van der Waals surface area (Å²) in [5.41, 5.74) is 5.01. The van der Waals surface area contributed by atoms with Gasteiger partial charge < -0.3 is 14.8 Å². The third-order valence-corrected chi connectivity index (χ3v) is 6.94. The molecular weight excluding hydrogens is 448 g/mol. The molecule has 1 unspecified atom stereocenters. The number of anilines is 1.